The van der Waals surface area contributed by atoms with Crippen LogP contribution in [0.2, 0.25) is 0 Å². The Morgan fingerprint density at radius 2 is 2.00 bits per heavy atom. The number of hydrogen-bond acceptors (Lipinski definition) is 2. The Bertz CT molecular complexity index is 475. The molecule has 1 nitrogen and oxygen atoms in total. The molecule has 1 aromatic heterocycles. The van der Waals surface area contributed by atoms with E-state index in [1.54, 1.807) is 11.3 Å². The van der Waals surface area contributed by atoms with Crippen molar-refractivity contribution in [3.05, 3.63) is 56.2 Å². The summed E-state index contributed by atoms with van der Waals surface area (Å²) in [6.45, 7) is 5.24. The van der Waals surface area contributed by atoms with E-state index in [-0.39, 0.29) is 0 Å². The molecule has 2 aromatic rings. The molecule has 90 valence electrons. The van der Waals surface area contributed by atoms with Crippen LogP contribution in [0, 0.1) is 6.92 Å². The van der Waals surface area contributed by atoms with Gasteiger partial charge in [-0.05, 0) is 41.4 Å². The first-order chi connectivity index (χ1) is 8.15. The maximum Gasteiger partial charge on any atom is 0.0305 e. The fourth-order valence-electron chi connectivity index (χ4n) is 1.67. The number of benzene rings is 1. The molecule has 2 rings (SSSR count). The third kappa shape index (κ3) is 3.66. The van der Waals surface area contributed by atoms with E-state index in [1.165, 1.54) is 20.5 Å². The molecular formula is C14H16BrNS. The average molecular weight is 310 g/mol. The van der Waals surface area contributed by atoms with Gasteiger partial charge in [0.05, 0.1) is 0 Å². The number of hydrogen-bond donors (Lipinski definition) is 1. The standard InChI is InChI=1S/C14H16BrNS/c1-10-3-5-12(6-4-10)11(2)16-8-14-7-13(15)9-17-14/h3-7,9,11,16H,8H2,1-2H3. The summed E-state index contributed by atoms with van der Waals surface area (Å²) in [4.78, 5) is 1.36. The molecule has 3 heteroatoms. The van der Waals surface area contributed by atoms with Crippen LogP contribution in [0.1, 0.15) is 29.0 Å². The summed E-state index contributed by atoms with van der Waals surface area (Å²) in [5.41, 5.74) is 2.65. The number of halogens is 1. The fourth-order valence-corrected chi connectivity index (χ4v) is 3.08. The highest BCUT2D eigenvalue weighted by molar-refractivity contribution is 9.10. The van der Waals surface area contributed by atoms with Gasteiger partial charge >= 0.3 is 0 Å². The summed E-state index contributed by atoms with van der Waals surface area (Å²) in [6, 6.07) is 11.3. The van der Waals surface area contributed by atoms with Crippen LogP contribution in [-0.4, -0.2) is 0 Å². The van der Waals surface area contributed by atoms with Crippen LogP contribution >= 0.6 is 27.3 Å². The first-order valence-corrected chi connectivity index (χ1v) is 7.35. The molecule has 1 N–H and O–H groups in total. The summed E-state index contributed by atoms with van der Waals surface area (Å²) in [5, 5.41) is 5.66. The van der Waals surface area contributed by atoms with Crippen molar-refractivity contribution in [2.75, 3.05) is 0 Å². The Hall–Kier alpha value is -0.640. The minimum atomic E-state index is 0.386. The quantitative estimate of drug-likeness (QED) is 0.865. The molecule has 17 heavy (non-hydrogen) atoms. The van der Waals surface area contributed by atoms with E-state index in [9.17, 15) is 0 Å². The molecule has 0 fully saturated rings. The Morgan fingerprint density at radius 1 is 1.29 bits per heavy atom. The van der Waals surface area contributed by atoms with Crippen LogP contribution in [0.25, 0.3) is 0 Å². The van der Waals surface area contributed by atoms with Crippen LogP contribution < -0.4 is 5.32 Å². The van der Waals surface area contributed by atoms with Gasteiger partial charge in [-0.2, -0.15) is 0 Å². The average Bonchev–Trinajstić information content (AvgIpc) is 2.73. The van der Waals surface area contributed by atoms with E-state index in [0.29, 0.717) is 6.04 Å². The van der Waals surface area contributed by atoms with Crippen LogP contribution in [0.5, 0.6) is 0 Å². The molecule has 0 amide bonds. The second kappa shape index (κ2) is 5.80. The van der Waals surface area contributed by atoms with Crippen molar-refractivity contribution < 1.29 is 0 Å². The van der Waals surface area contributed by atoms with E-state index in [2.05, 4.69) is 70.8 Å². The molecule has 0 spiro atoms. The summed E-state index contributed by atoms with van der Waals surface area (Å²) < 4.78 is 1.17. The van der Waals surface area contributed by atoms with Crippen molar-refractivity contribution in [3.8, 4) is 0 Å². The lowest BCUT2D eigenvalue weighted by Crippen LogP contribution is -2.17. The molecule has 1 unspecified atom stereocenters. The summed E-state index contributed by atoms with van der Waals surface area (Å²) in [5.74, 6) is 0. The summed E-state index contributed by atoms with van der Waals surface area (Å²) in [6.07, 6.45) is 0. The van der Waals surface area contributed by atoms with Gasteiger partial charge in [0.25, 0.3) is 0 Å². The van der Waals surface area contributed by atoms with Gasteiger partial charge in [0.1, 0.15) is 0 Å². The number of thiophene rings is 1. The minimum Gasteiger partial charge on any atom is -0.305 e. The molecule has 1 aromatic carbocycles. The molecule has 0 saturated heterocycles. The number of aryl methyl sites for hydroxylation is 1. The lowest BCUT2D eigenvalue weighted by molar-refractivity contribution is 0.579. The Balaban J connectivity index is 1.93. The topological polar surface area (TPSA) is 12.0 Å². The molecule has 0 bridgehead atoms. The highest BCUT2D eigenvalue weighted by Gasteiger charge is 2.05. The maximum atomic E-state index is 3.54. The second-order valence-corrected chi connectivity index (χ2v) is 6.16. The Kier molecular flexibility index (Phi) is 4.37. The lowest BCUT2D eigenvalue weighted by Gasteiger charge is -2.13. The van der Waals surface area contributed by atoms with Crippen molar-refractivity contribution >= 4 is 27.3 Å². The zero-order valence-corrected chi connectivity index (χ0v) is 12.4. The molecule has 0 aliphatic rings. The molecule has 0 aliphatic carbocycles. The highest BCUT2D eigenvalue weighted by atomic mass is 79.9. The normalized spacial score (nSPS) is 12.6. The zero-order chi connectivity index (χ0) is 12.3. The van der Waals surface area contributed by atoms with Gasteiger partial charge in [-0.3, -0.25) is 0 Å². The van der Waals surface area contributed by atoms with Crippen LogP contribution in [0.3, 0.4) is 0 Å². The van der Waals surface area contributed by atoms with Gasteiger partial charge in [0, 0.05) is 27.3 Å². The van der Waals surface area contributed by atoms with Crippen LogP contribution in [-0.2, 0) is 6.54 Å². The molecule has 1 heterocycles. The van der Waals surface area contributed by atoms with Gasteiger partial charge in [-0.15, -0.1) is 11.3 Å². The lowest BCUT2D eigenvalue weighted by atomic mass is 10.1. The Morgan fingerprint density at radius 3 is 2.59 bits per heavy atom. The zero-order valence-electron chi connectivity index (χ0n) is 10.0. The van der Waals surface area contributed by atoms with Gasteiger partial charge < -0.3 is 5.32 Å². The van der Waals surface area contributed by atoms with Gasteiger partial charge in [-0.1, -0.05) is 29.8 Å². The van der Waals surface area contributed by atoms with E-state index in [1.807, 2.05) is 0 Å². The van der Waals surface area contributed by atoms with Gasteiger partial charge in [0.15, 0.2) is 0 Å². The molecule has 0 aliphatic heterocycles. The molecule has 0 saturated carbocycles. The molecular weight excluding hydrogens is 294 g/mol. The molecule has 0 radical (unpaired) electrons. The highest BCUT2D eigenvalue weighted by Crippen LogP contribution is 2.21. The number of nitrogens with one attached hydrogen (secondary N) is 1. The smallest absolute Gasteiger partial charge is 0.0305 e. The van der Waals surface area contributed by atoms with E-state index >= 15 is 0 Å². The third-order valence-corrected chi connectivity index (χ3v) is 4.48. The second-order valence-electron chi connectivity index (χ2n) is 4.24. The monoisotopic (exact) mass is 309 g/mol. The van der Waals surface area contributed by atoms with Crippen molar-refractivity contribution in [3.63, 3.8) is 0 Å². The van der Waals surface area contributed by atoms with Crippen molar-refractivity contribution in [2.45, 2.75) is 26.4 Å². The van der Waals surface area contributed by atoms with Crippen molar-refractivity contribution in [1.29, 1.82) is 0 Å². The molecule has 1 atom stereocenters. The van der Waals surface area contributed by atoms with Crippen LogP contribution in [0.15, 0.2) is 40.2 Å². The first-order valence-electron chi connectivity index (χ1n) is 5.68. The van der Waals surface area contributed by atoms with Gasteiger partial charge in [-0.25, -0.2) is 0 Å². The predicted octanol–water partition coefficient (Wildman–Crippen LogP) is 4.67. The SMILES string of the molecule is Cc1ccc(C(C)NCc2cc(Br)cs2)cc1. The van der Waals surface area contributed by atoms with E-state index in [0.717, 1.165) is 6.54 Å². The summed E-state index contributed by atoms with van der Waals surface area (Å²) in [7, 11) is 0. The Labute approximate surface area is 115 Å². The maximum absolute atomic E-state index is 3.54. The summed E-state index contributed by atoms with van der Waals surface area (Å²) >= 11 is 5.25. The van der Waals surface area contributed by atoms with E-state index in [4.69, 9.17) is 0 Å². The van der Waals surface area contributed by atoms with Crippen molar-refractivity contribution in [2.24, 2.45) is 0 Å². The van der Waals surface area contributed by atoms with Crippen LogP contribution in [0.4, 0.5) is 0 Å². The number of rotatable bonds is 4. The minimum absolute atomic E-state index is 0.386. The largest absolute Gasteiger partial charge is 0.305 e. The van der Waals surface area contributed by atoms with Crippen molar-refractivity contribution in [1.82, 2.24) is 5.32 Å². The van der Waals surface area contributed by atoms with Gasteiger partial charge in [0.2, 0.25) is 0 Å². The van der Waals surface area contributed by atoms with E-state index < -0.39 is 0 Å². The first kappa shape index (κ1) is 12.8. The third-order valence-electron chi connectivity index (χ3n) is 2.78. The predicted molar refractivity (Wildman–Crippen MR) is 78.5 cm³/mol. The fraction of sp³-hybridized carbons (Fsp3) is 0.286.